The molecule has 1 aromatic carbocycles. The van der Waals surface area contributed by atoms with E-state index >= 15 is 0 Å². The normalized spacial score (nSPS) is 19.2. The van der Waals surface area contributed by atoms with E-state index in [2.05, 4.69) is 0 Å². The fraction of sp³-hybridized carbons (Fsp3) is 0.417. The minimum atomic E-state index is -3.51. The molecule has 4 heteroatoms. The van der Waals surface area contributed by atoms with E-state index in [1.165, 1.54) is 0 Å². The molecule has 0 unspecified atom stereocenters. The largest absolute Gasteiger partial charge is 0.222 e. The predicted molar refractivity (Wildman–Crippen MR) is 60.4 cm³/mol. The number of hydrogen-bond donors (Lipinski definition) is 0. The van der Waals surface area contributed by atoms with E-state index in [0.29, 0.717) is 12.8 Å². The first kappa shape index (κ1) is 11.2. The average molecular weight is 235 g/mol. The summed E-state index contributed by atoms with van der Waals surface area (Å²) < 4.78 is 23.5. The summed E-state index contributed by atoms with van der Waals surface area (Å²) in [5.74, 6) is 0. The molecule has 1 aliphatic carbocycles. The van der Waals surface area contributed by atoms with E-state index in [-0.39, 0.29) is 4.90 Å². The molecule has 0 radical (unpaired) electrons. The molecule has 0 atom stereocenters. The van der Waals surface area contributed by atoms with E-state index in [1.54, 1.807) is 30.3 Å². The molecule has 3 nitrogen and oxygen atoms in total. The van der Waals surface area contributed by atoms with E-state index in [9.17, 15) is 13.7 Å². The summed E-state index contributed by atoms with van der Waals surface area (Å²) in [7, 11) is -3.51. The molecule has 16 heavy (non-hydrogen) atoms. The molecular weight excluding hydrogens is 222 g/mol. The highest BCUT2D eigenvalue weighted by Gasteiger charge is 2.47. The van der Waals surface area contributed by atoms with Crippen molar-refractivity contribution in [2.45, 2.75) is 35.3 Å². The van der Waals surface area contributed by atoms with Gasteiger partial charge in [-0.3, -0.25) is 0 Å². The third-order valence-electron chi connectivity index (χ3n) is 3.18. The van der Waals surface area contributed by atoms with Gasteiger partial charge in [0, 0.05) is 0 Å². The van der Waals surface area contributed by atoms with Crippen LogP contribution in [0.2, 0.25) is 0 Å². The van der Waals surface area contributed by atoms with Crippen LogP contribution in [-0.4, -0.2) is 13.2 Å². The zero-order valence-electron chi connectivity index (χ0n) is 8.89. The fourth-order valence-electron chi connectivity index (χ4n) is 2.21. The molecule has 1 saturated carbocycles. The van der Waals surface area contributed by atoms with Crippen LogP contribution in [0.4, 0.5) is 0 Å². The molecule has 0 N–H and O–H groups in total. The lowest BCUT2D eigenvalue weighted by Crippen LogP contribution is -2.33. The first-order chi connectivity index (χ1) is 7.62. The molecule has 0 saturated heterocycles. The van der Waals surface area contributed by atoms with Crippen molar-refractivity contribution in [3.63, 3.8) is 0 Å². The Bertz CT molecular complexity index is 508. The topological polar surface area (TPSA) is 57.9 Å². The van der Waals surface area contributed by atoms with Crippen LogP contribution in [0.15, 0.2) is 35.2 Å². The molecule has 1 aliphatic rings. The van der Waals surface area contributed by atoms with Gasteiger partial charge in [0.05, 0.1) is 11.0 Å². The molecule has 2 rings (SSSR count). The van der Waals surface area contributed by atoms with Gasteiger partial charge in [-0.2, -0.15) is 5.26 Å². The van der Waals surface area contributed by atoms with Gasteiger partial charge in [-0.05, 0) is 25.0 Å². The highest BCUT2D eigenvalue weighted by Crippen LogP contribution is 2.39. The molecule has 84 valence electrons. The van der Waals surface area contributed by atoms with Gasteiger partial charge in [0.1, 0.15) is 0 Å². The summed E-state index contributed by atoms with van der Waals surface area (Å²) in [5, 5.41) is 9.18. The lowest BCUT2D eigenvalue weighted by molar-refractivity contribution is 0.557. The Hall–Kier alpha value is -1.34. The van der Waals surface area contributed by atoms with E-state index in [0.717, 1.165) is 12.8 Å². The molecule has 0 spiro atoms. The number of hydrogen-bond acceptors (Lipinski definition) is 3. The van der Waals surface area contributed by atoms with Gasteiger partial charge in [0.25, 0.3) is 0 Å². The standard InChI is InChI=1S/C12H13NO2S/c13-10-12(8-4-5-9-12)16(14,15)11-6-2-1-3-7-11/h1-3,6-7H,4-5,8-9H2. The Labute approximate surface area is 95.6 Å². The summed E-state index contributed by atoms with van der Waals surface area (Å²) in [6.07, 6.45) is 2.56. The Kier molecular flexibility index (Phi) is 2.73. The van der Waals surface area contributed by atoms with Crippen molar-refractivity contribution in [1.29, 1.82) is 5.26 Å². The number of nitriles is 1. The second kappa shape index (κ2) is 3.91. The van der Waals surface area contributed by atoms with Gasteiger partial charge >= 0.3 is 0 Å². The minimum absolute atomic E-state index is 0.262. The maximum Gasteiger partial charge on any atom is 0.197 e. The summed E-state index contributed by atoms with van der Waals surface area (Å²) in [4.78, 5) is 0.262. The lowest BCUT2D eigenvalue weighted by atomic mass is 10.1. The monoisotopic (exact) mass is 235 g/mol. The second-order valence-electron chi connectivity index (χ2n) is 4.13. The highest BCUT2D eigenvalue weighted by atomic mass is 32.2. The van der Waals surface area contributed by atoms with Crippen molar-refractivity contribution >= 4 is 9.84 Å². The van der Waals surface area contributed by atoms with Gasteiger partial charge < -0.3 is 0 Å². The Morgan fingerprint density at radius 3 is 2.19 bits per heavy atom. The molecule has 0 heterocycles. The quantitative estimate of drug-likeness (QED) is 0.790. The Morgan fingerprint density at radius 2 is 1.69 bits per heavy atom. The zero-order chi connectivity index (χ0) is 11.6. The molecule has 0 aliphatic heterocycles. The average Bonchev–Trinajstić information content (AvgIpc) is 2.80. The van der Waals surface area contributed by atoms with Gasteiger partial charge in [-0.15, -0.1) is 0 Å². The van der Waals surface area contributed by atoms with Gasteiger partial charge in [-0.25, -0.2) is 8.42 Å². The SMILES string of the molecule is N#CC1(S(=O)(=O)c2ccccc2)CCCC1. The van der Waals surface area contributed by atoms with Crippen molar-refractivity contribution in [3.8, 4) is 6.07 Å². The van der Waals surface area contributed by atoms with Crippen LogP contribution in [0.1, 0.15) is 25.7 Å². The van der Waals surface area contributed by atoms with E-state index < -0.39 is 14.6 Å². The molecule has 1 fully saturated rings. The van der Waals surface area contributed by atoms with Gasteiger partial charge in [0.15, 0.2) is 14.6 Å². The number of benzene rings is 1. The van der Waals surface area contributed by atoms with Crippen molar-refractivity contribution in [3.05, 3.63) is 30.3 Å². The third-order valence-corrected chi connectivity index (χ3v) is 5.60. The molecule has 0 amide bonds. The first-order valence-electron chi connectivity index (χ1n) is 5.33. The van der Waals surface area contributed by atoms with Crippen LogP contribution < -0.4 is 0 Å². The van der Waals surface area contributed by atoms with E-state index in [4.69, 9.17) is 0 Å². The van der Waals surface area contributed by atoms with Crippen LogP contribution in [0.5, 0.6) is 0 Å². The highest BCUT2D eigenvalue weighted by molar-refractivity contribution is 7.93. The van der Waals surface area contributed by atoms with Crippen LogP contribution in [-0.2, 0) is 9.84 Å². The van der Waals surface area contributed by atoms with Crippen molar-refractivity contribution in [2.24, 2.45) is 0 Å². The van der Waals surface area contributed by atoms with Crippen LogP contribution in [0.25, 0.3) is 0 Å². The second-order valence-corrected chi connectivity index (χ2v) is 6.39. The number of rotatable bonds is 2. The first-order valence-corrected chi connectivity index (χ1v) is 6.82. The zero-order valence-corrected chi connectivity index (χ0v) is 9.70. The summed E-state index contributed by atoms with van der Waals surface area (Å²) in [6.45, 7) is 0. The summed E-state index contributed by atoms with van der Waals surface area (Å²) in [6, 6.07) is 10.3. The minimum Gasteiger partial charge on any atom is -0.222 e. The van der Waals surface area contributed by atoms with E-state index in [1.807, 2.05) is 6.07 Å². The summed E-state index contributed by atoms with van der Waals surface area (Å²) in [5.41, 5.74) is 0. The van der Waals surface area contributed by atoms with Crippen LogP contribution in [0, 0.1) is 11.3 Å². The molecule has 1 aromatic rings. The maximum absolute atomic E-state index is 12.4. The third kappa shape index (κ3) is 1.52. The lowest BCUT2D eigenvalue weighted by Gasteiger charge is -2.20. The van der Waals surface area contributed by atoms with Crippen LogP contribution in [0.3, 0.4) is 0 Å². The Morgan fingerprint density at radius 1 is 1.12 bits per heavy atom. The van der Waals surface area contributed by atoms with Gasteiger partial charge in [-0.1, -0.05) is 31.0 Å². The predicted octanol–water partition coefficient (Wildman–Crippen LogP) is 2.30. The number of nitrogens with zero attached hydrogens (tertiary/aromatic N) is 1. The summed E-state index contributed by atoms with van der Waals surface area (Å²) >= 11 is 0. The maximum atomic E-state index is 12.4. The van der Waals surface area contributed by atoms with Crippen molar-refractivity contribution < 1.29 is 8.42 Å². The smallest absolute Gasteiger partial charge is 0.197 e. The van der Waals surface area contributed by atoms with Gasteiger partial charge in [0.2, 0.25) is 0 Å². The fourth-order valence-corrected chi connectivity index (χ4v) is 4.12. The van der Waals surface area contributed by atoms with Crippen molar-refractivity contribution in [2.75, 3.05) is 0 Å². The molecule has 0 aromatic heterocycles. The number of sulfone groups is 1. The Balaban J connectivity index is 2.52. The molecule has 0 bridgehead atoms. The van der Waals surface area contributed by atoms with Crippen molar-refractivity contribution in [1.82, 2.24) is 0 Å². The van der Waals surface area contributed by atoms with Crippen LogP contribution >= 0.6 is 0 Å². The molecular formula is C12H13NO2S.